The van der Waals surface area contributed by atoms with Gasteiger partial charge in [-0.2, -0.15) is 0 Å². The van der Waals surface area contributed by atoms with Gasteiger partial charge in [0.15, 0.2) is 0 Å². The van der Waals surface area contributed by atoms with Gasteiger partial charge in [0, 0.05) is 49.6 Å². The maximum atomic E-state index is 6.51. The van der Waals surface area contributed by atoms with Crippen molar-refractivity contribution in [1.29, 1.82) is 0 Å². The summed E-state index contributed by atoms with van der Waals surface area (Å²) in [5.74, 6) is 0. The largest absolute Gasteiger partial charge is 0.456 e. The minimum atomic E-state index is 0.897. The molecule has 276 valence electrons. The number of hydrogen-bond acceptors (Lipinski definition) is 3. The number of fused-ring (bicyclic) bond motifs is 9. The molecule has 0 aliphatic carbocycles. The van der Waals surface area contributed by atoms with Gasteiger partial charge < -0.3 is 13.7 Å². The standard InChI is InChI=1S/C56H35NO2/c1-2-13-36(14-3-1)38-16-8-19-41(33-38)57(42-20-9-17-40(35-42)45-23-10-15-37-29-32-53-55(54(37)45)50-22-5-7-28-52(50)58-53)43-30-31-44-39(34-43)18-11-24-46(44)48-25-12-26-49-47-21-4-6-27-51(47)59-56(48)49/h1-35H. The van der Waals surface area contributed by atoms with Crippen LogP contribution in [0.1, 0.15) is 0 Å². The first kappa shape index (κ1) is 33.3. The highest BCUT2D eigenvalue weighted by Crippen LogP contribution is 2.44. The van der Waals surface area contributed by atoms with Gasteiger partial charge in [-0.1, -0.05) is 158 Å². The van der Waals surface area contributed by atoms with Crippen LogP contribution >= 0.6 is 0 Å². The van der Waals surface area contributed by atoms with Crippen LogP contribution in [-0.2, 0) is 0 Å². The van der Waals surface area contributed by atoms with E-state index in [4.69, 9.17) is 8.83 Å². The molecule has 0 fully saturated rings. The highest BCUT2D eigenvalue weighted by Gasteiger charge is 2.19. The summed E-state index contributed by atoms with van der Waals surface area (Å²) in [5, 5.41) is 9.24. The predicted molar refractivity (Wildman–Crippen MR) is 247 cm³/mol. The van der Waals surface area contributed by atoms with Gasteiger partial charge in [-0.15, -0.1) is 0 Å². The van der Waals surface area contributed by atoms with Crippen LogP contribution in [0.5, 0.6) is 0 Å². The summed E-state index contributed by atoms with van der Waals surface area (Å²) < 4.78 is 12.9. The van der Waals surface area contributed by atoms with Crippen molar-refractivity contribution in [1.82, 2.24) is 0 Å². The molecule has 3 heteroatoms. The van der Waals surface area contributed by atoms with Crippen LogP contribution in [0.25, 0.3) is 98.8 Å². The van der Waals surface area contributed by atoms with Gasteiger partial charge in [-0.25, -0.2) is 0 Å². The van der Waals surface area contributed by atoms with E-state index in [0.29, 0.717) is 0 Å². The topological polar surface area (TPSA) is 29.5 Å². The van der Waals surface area contributed by atoms with Crippen molar-refractivity contribution in [3.63, 3.8) is 0 Å². The molecule has 12 aromatic rings. The Labute approximate surface area is 340 Å². The van der Waals surface area contributed by atoms with E-state index in [1.54, 1.807) is 0 Å². The Morgan fingerprint density at radius 2 is 0.898 bits per heavy atom. The molecular formula is C56H35NO2. The molecule has 0 atom stereocenters. The Balaban J connectivity index is 1.05. The minimum absolute atomic E-state index is 0.897. The van der Waals surface area contributed by atoms with E-state index in [-0.39, 0.29) is 0 Å². The van der Waals surface area contributed by atoms with Crippen molar-refractivity contribution < 1.29 is 8.83 Å². The summed E-state index contributed by atoms with van der Waals surface area (Å²) >= 11 is 0. The number of anilines is 3. The molecule has 59 heavy (non-hydrogen) atoms. The third-order valence-electron chi connectivity index (χ3n) is 11.8. The van der Waals surface area contributed by atoms with Gasteiger partial charge in [0.25, 0.3) is 0 Å². The second-order valence-electron chi connectivity index (χ2n) is 15.2. The van der Waals surface area contributed by atoms with Crippen LogP contribution in [-0.4, -0.2) is 0 Å². The molecule has 10 aromatic carbocycles. The monoisotopic (exact) mass is 753 g/mol. The van der Waals surface area contributed by atoms with E-state index in [9.17, 15) is 0 Å². The molecular weight excluding hydrogens is 719 g/mol. The van der Waals surface area contributed by atoms with E-state index in [2.05, 4.69) is 199 Å². The molecule has 0 saturated heterocycles. The number of nitrogens with zero attached hydrogens (tertiary/aromatic N) is 1. The molecule has 0 N–H and O–H groups in total. The summed E-state index contributed by atoms with van der Waals surface area (Å²) in [6, 6.07) is 75.8. The van der Waals surface area contributed by atoms with E-state index < -0.39 is 0 Å². The summed E-state index contributed by atoms with van der Waals surface area (Å²) in [6.07, 6.45) is 0. The Morgan fingerprint density at radius 1 is 0.288 bits per heavy atom. The zero-order valence-electron chi connectivity index (χ0n) is 32.0. The maximum absolute atomic E-state index is 6.51. The molecule has 0 bridgehead atoms. The average molecular weight is 754 g/mol. The zero-order valence-corrected chi connectivity index (χ0v) is 32.0. The van der Waals surface area contributed by atoms with Crippen molar-refractivity contribution in [2.75, 3.05) is 4.90 Å². The Morgan fingerprint density at radius 3 is 1.75 bits per heavy atom. The zero-order chi connectivity index (χ0) is 38.9. The van der Waals surface area contributed by atoms with Gasteiger partial charge in [0.2, 0.25) is 0 Å². The number of furan rings is 2. The van der Waals surface area contributed by atoms with Crippen LogP contribution in [0.4, 0.5) is 17.1 Å². The smallest absolute Gasteiger partial charge is 0.143 e. The fourth-order valence-electron chi connectivity index (χ4n) is 9.15. The lowest BCUT2D eigenvalue weighted by atomic mass is 9.94. The highest BCUT2D eigenvalue weighted by molar-refractivity contribution is 6.23. The lowest BCUT2D eigenvalue weighted by Crippen LogP contribution is -2.10. The quantitative estimate of drug-likeness (QED) is 0.169. The van der Waals surface area contributed by atoms with Gasteiger partial charge in [0.05, 0.1) is 0 Å². The maximum Gasteiger partial charge on any atom is 0.143 e. The minimum Gasteiger partial charge on any atom is -0.456 e. The summed E-state index contributed by atoms with van der Waals surface area (Å²) in [4.78, 5) is 2.38. The fourth-order valence-corrected chi connectivity index (χ4v) is 9.15. The van der Waals surface area contributed by atoms with E-state index in [1.807, 2.05) is 18.2 Å². The van der Waals surface area contributed by atoms with Crippen molar-refractivity contribution >= 4 is 82.5 Å². The Bertz CT molecular complexity index is 3580. The molecule has 0 aliphatic rings. The number of rotatable bonds is 6. The molecule has 0 spiro atoms. The second kappa shape index (κ2) is 13.4. The average Bonchev–Trinajstić information content (AvgIpc) is 3.88. The van der Waals surface area contributed by atoms with Gasteiger partial charge in [-0.05, 0) is 98.6 Å². The lowest BCUT2D eigenvalue weighted by Gasteiger charge is -2.27. The number of hydrogen-bond donors (Lipinski definition) is 0. The third kappa shape index (κ3) is 5.44. The van der Waals surface area contributed by atoms with Crippen LogP contribution < -0.4 is 4.90 Å². The molecule has 0 aliphatic heterocycles. The first-order chi connectivity index (χ1) is 29.2. The summed E-state index contributed by atoms with van der Waals surface area (Å²) in [7, 11) is 0. The van der Waals surface area contributed by atoms with Crippen molar-refractivity contribution in [3.05, 3.63) is 212 Å². The highest BCUT2D eigenvalue weighted by atomic mass is 16.3. The molecule has 12 rings (SSSR count). The SMILES string of the molecule is c1ccc(-c2cccc(N(c3cccc(-c4cccc5ccc6oc7ccccc7c6c45)c3)c3ccc4c(-c5cccc6c5oc5ccccc56)cccc4c3)c2)cc1. The molecule has 0 saturated carbocycles. The van der Waals surface area contributed by atoms with Crippen molar-refractivity contribution in [2.45, 2.75) is 0 Å². The predicted octanol–water partition coefficient (Wildman–Crippen LogP) is 16.3. The summed E-state index contributed by atoms with van der Waals surface area (Å²) in [6.45, 7) is 0. The first-order valence-corrected chi connectivity index (χ1v) is 20.1. The Kier molecular flexibility index (Phi) is 7.54. The normalized spacial score (nSPS) is 11.7. The van der Waals surface area contributed by atoms with Crippen LogP contribution in [0.15, 0.2) is 221 Å². The molecule has 3 nitrogen and oxygen atoms in total. The fraction of sp³-hybridized carbons (Fsp3) is 0. The van der Waals surface area contributed by atoms with Crippen molar-refractivity contribution in [3.8, 4) is 33.4 Å². The molecule has 0 amide bonds. The van der Waals surface area contributed by atoms with E-state index in [1.165, 1.54) is 27.3 Å². The van der Waals surface area contributed by atoms with Gasteiger partial charge in [0.1, 0.15) is 22.3 Å². The third-order valence-corrected chi connectivity index (χ3v) is 11.8. The lowest BCUT2D eigenvalue weighted by molar-refractivity contribution is 0.669. The molecule has 0 radical (unpaired) electrons. The molecule has 0 unspecified atom stereocenters. The Hall–Kier alpha value is -7.88. The van der Waals surface area contributed by atoms with Crippen LogP contribution in [0.2, 0.25) is 0 Å². The summed E-state index contributed by atoms with van der Waals surface area (Å²) in [5.41, 5.74) is 13.7. The van der Waals surface area contributed by atoms with Gasteiger partial charge in [-0.3, -0.25) is 0 Å². The molecule has 2 aromatic heterocycles. The number of benzene rings is 10. The van der Waals surface area contributed by atoms with Gasteiger partial charge >= 0.3 is 0 Å². The van der Waals surface area contributed by atoms with Crippen molar-refractivity contribution in [2.24, 2.45) is 0 Å². The van der Waals surface area contributed by atoms with E-state index in [0.717, 1.165) is 88.6 Å². The van der Waals surface area contributed by atoms with Crippen LogP contribution in [0, 0.1) is 0 Å². The van der Waals surface area contributed by atoms with E-state index >= 15 is 0 Å². The second-order valence-corrected chi connectivity index (χ2v) is 15.2. The first-order valence-electron chi connectivity index (χ1n) is 20.1. The number of para-hydroxylation sites is 3. The molecule has 2 heterocycles. The van der Waals surface area contributed by atoms with Crippen LogP contribution in [0.3, 0.4) is 0 Å².